The number of furan rings is 1. The van der Waals surface area contributed by atoms with Crippen molar-refractivity contribution >= 4 is 11.2 Å². The van der Waals surface area contributed by atoms with E-state index < -0.39 is 0 Å². The van der Waals surface area contributed by atoms with Gasteiger partial charge in [-0.3, -0.25) is 0 Å². The normalized spacial score (nSPS) is 11.1. The average Bonchev–Trinajstić information content (AvgIpc) is 3.19. The first-order valence-electron chi connectivity index (χ1n) is 6.64. The molecule has 0 fully saturated rings. The van der Waals surface area contributed by atoms with Crippen molar-refractivity contribution in [2.24, 2.45) is 0 Å². The summed E-state index contributed by atoms with van der Waals surface area (Å²) in [6, 6.07) is 10.1. The van der Waals surface area contributed by atoms with Crippen LogP contribution in [0.5, 0.6) is 0 Å². The van der Waals surface area contributed by atoms with Crippen LogP contribution in [0.25, 0.3) is 22.6 Å². The molecule has 0 spiro atoms. The Kier molecular flexibility index (Phi) is 2.89. The van der Waals surface area contributed by atoms with Gasteiger partial charge in [0.1, 0.15) is 17.8 Å². The summed E-state index contributed by atoms with van der Waals surface area (Å²) in [6.45, 7) is 0.248. The first-order valence-corrected chi connectivity index (χ1v) is 6.64. The van der Waals surface area contributed by atoms with Gasteiger partial charge in [0.25, 0.3) is 0 Å². The Labute approximate surface area is 124 Å². The monoisotopic (exact) mass is 295 g/mol. The Hall–Kier alpha value is -3.09. The minimum Gasteiger partial charge on any atom is -0.463 e. The molecule has 0 saturated carbocycles. The number of aromatic nitrogens is 5. The maximum absolute atomic E-state index is 13.8. The number of hydrogen-bond donors (Lipinski definition) is 0. The molecule has 3 aromatic heterocycles. The van der Waals surface area contributed by atoms with Gasteiger partial charge in [-0.25, -0.2) is 19.0 Å². The summed E-state index contributed by atoms with van der Waals surface area (Å²) in [5, 5.41) is 8.16. The van der Waals surface area contributed by atoms with Crippen molar-refractivity contribution in [1.29, 1.82) is 0 Å². The quantitative estimate of drug-likeness (QED) is 0.581. The molecule has 0 aliphatic carbocycles. The van der Waals surface area contributed by atoms with Crippen LogP contribution in [-0.2, 0) is 6.54 Å². The predicted octanol–water partition coefficient (Wildman–Crippen LogP) is 2.67. The fraction of sp³-hybridized carbons (Fsp3) is 0.0667. The van der Waals surface area contributed by atoms with Gasteiger partial charge in [0.2, 0.25) is 0 Å². The zero-order valence-electron chi connectivity index (χ0n) is 11.3. The van der Waals surface area contributed by atoms with Crippen molar-refractivity contribution in [2.45, 2.75) is 6.54 Å². The van der Waals surface area contributed by atoms with E-state index in [1.54, 1.807) is 41.3 Å². The molecule has 0 amide bonds. The van der Waals surface area contributed by atoms with Gasteiger partial charge < -0.3 is 4.42 Å². The second kappa shape index (κ2) is 5.03. The van der Waals surface area contributed by atoms with Gasteiger partial charge in [-0.15, -0.1) is 5.10 Å². The zero-order valence-corrected chi connectivity index (χ0v) is 11.3. The number of rotatable bonds is 3. The summed E-state index contributed by atoms with van der Waals surface area (Å²) in [5.41, 5.74) is 2.14. The third-order valence-corrected chi connectivity index (χ3v) is 3.33. The number of hydrogen-bond acceptors (Lipinski definition) is 5. The molecule has 4 rings (SSSR count). The predicted molar refractivity (Wildman–Crippen MR) is 76.3 cm³/mol. The van der Waals surface area contributed by atoms with E-state index in [0.717, 1.165) is 0 Å². The highest BCUT2D eigenvalue weighted by Gasteiger charge is 2.15. The summed E-state index contributed by atoms with van der Waals surface area (Å²) in [7, 11) is 0. The maximum atomic E-state index is 13.8. The highest BCUT2D eigenvalue weighted by atomic mass is 19.1. The third kappa shape index (κ3) is 2.03. The van der Waals surface area contributed by atoms with Crippen molar-refractivity contribution in [1.82, 2.24) is 25.0 Å². The lowest BCUT2D eigenvalue weighted by Gasteiger charge is -2.03. The van der Waals surface area contributed by atoms with Crippen LogP contribution in [0, 0.1) is 5.82 Å². The average molecular weight is 295 g/mol. The maximum Gasteiger partial charge on any atom is 0.182 e. The fourth-order valence-electron chi connectivity index (χ4n) is 2.28. The van der Waals surface area contributed by atoms with Crippen LogP contribution in [0.2, 0.25) is 0 Å². The van der Waals surface area contributed by atoms with Crippen LogP contribution in [0.1, 0.15) is 5.56 Å². The highest BCUT2D eigenvalue weighted by Crippen LogP contribution is 2.24. The lowest BCUT2D eigenvalue weighted by atomic mass is 10.2. The molecule has 0 aliphatic heterocycles. The first kappa shape index (κ1) is 12.6. The minimum atomic E-state index is -0.286. The first-order chi connectivity index (χ1) is 10.8. The lowest BCUT2D eigenvalue weighted by molar-refractivity contribution is 0.580. The number of fused-ring (bicyclic) bond motifs is 1. The molecule has 0 aliphatic rings. The van der Waals surface area contributed by atoms with E-state index in [1.807, 2.05) is 0 Å². The van der Waals surface area contributed by atoms with Crippen molar-refractivity contribution in [3.8, 4) is 11.5 Å². The molecule has 22 heavy (non-hydrogen) atoms. The second-order valence-electron chi connectivity index (χ2n) is 4.71. The number of halogens is 1. The summed E-state index contributed by atoms with van der Waals surface area (Å²) >= 11 is 0. The molecular weight excluding hydrogens is 285 g/mol. The largest absolute Gasteiger partial charge is 0.463 e. The van der Waals surface area contributed by atoms with Crippen molar-refractivity contribution < 1.29 is 8.81 Å². The molecule has 0 radical (unpaired) electrons. The van der Waals surface area contributed by atoms with Crippen LogP contribution >= 0.6 is 0 Å². The van der Waals surface area contributed by atoms with Crippen LogP contribution in [0.4, 0.5) is 4.39 Å². The van der Waals surface area contributed by atoms with E-state index >= 15 is 0 Å². The van der Waals surface area contributed by atoms with Gasteiger partial charge in [-0.2, -0.15) is 0 Å². The van der Waals surface area contributed by atoms with Crippen molar-refractivity contribution in [2.75, 3.05) is 0 Å². The number of nitrogens with zero attached hydrogens (tertiary/aromatic N) is 5. The van der Waals surface area contributed by atoms with Gasteiger partial charge >= 0.3 is 0 Å². The van der Waals surface area contributed by atoms with E-state index in [-0.39, 0.29) is 12.4 Å². The second-order valence-corrected chi connectivity index (χ2v) is 4.71. The van der Waals surface area contributed by atoms with Gasteiger partial charge in [0, 0.05) is 5.56 Å². The topological polar surface area (TPSA) is 69.6 Å². The van der Waals surface area contributed by atoms with Gasteiger partial charge in [-0.1, -0.05) is 23.4 Å². The Morgan fingerprint density at radius 3 is 2.82 bits per heavy atom. The minimum absolute atomic E-state index is 0.248. The van der Waals surface area contributed by atoms with Crippen LogP contribution in [0.3, 0.4) is 0 Å². The third-order valence-electron chi connectivity index (χ3n) is 3.33. The van der Waals surface area contributed by atoms with Crippen LogP contribution in [-0.4, -0.2) is 25.0 Å². The van der Waals surface area contributed by atoms with Crippen LogP contribution in [0.15, 0.2) is 53.4 Å². The standard InChI is InChI=1S/C15H10FN5O/c16-11-5-2-1-4-10(11)8-21-15-14(19-20-21)13(17-9-18-15)12-6-3-7-22-12/h1-7,9H,8H2. The molecule has 0 saturated heterocycles. The molecule has 4 aromatic rings. The highest BCUT2D eigenvalue weighted by molar-refractivity contribution is 5.84. The van der Waals surface area contributed by atoms with E-state index in [1.165, 1.54) is 12.4 Å². The smallest absolute Gasteiger partial charge is 0.182 e. The summed E-state index contributed by atoms with van der Waals surface area (Å²) in [4.78, 5) is 8.39. The lowest BCUT2D eigenvalue weighted by Crippen LogP contribution is -2.04. The van der Waals surface area contributed by atoms with Gasteiger partial charge in [-0.05, 0) is 18.2 Å². The molecule has 0 N–H and O–H groups in total. The van der Waals surface area contributed by atoms with Gasteiger partial charge in [0.05, 0.1) is 12.8 Å². The van der Waals surface area contributed by atoms with E-state index in [2.05, 4.69) is 20.3 Å². The molecule has 108 valence electrons. The van der Waals surface area contributed by atoms with E-state index in [9.17, 15) is 4.39 Å². The molecule has 6 nitrogen and oxygen atoms in total. The molecule has 7 heteroatoms. The number of benzene rings is 1. The Morgan fingerprint density at radius 2 is 2.00 bits per heavy atom. The molecule has 0 atom stereocenters. The van der Waals surface area contributed by atoms with E-state index in [4.69, 9.17) is 4.42 Å². The fourth-order valence-corrected chi connectivity index (χ4v) is 2.28. The summed E-state index contributed by atoms with van der Waals surface area (Å²) in [6.07, 6.45) is 2.98. The zero-order chi connectivity index (χ0) is 14.9. The molecule has 1 aromatic carbocycles. The Bertz CT molecular complexity index is 932. The Morgan fingerprint density at radius 1 is 1.09 bits per heavy atom. The SMILES string of the molecule is Fc1ccccc1Cn1nnc2c(-c3ccco3)ncnc21. The molecule has 0 unspecified atom stereocenters. The van der Waals surface area contributed by atoms with Crippen molar-refractivity contribution in [3.05, 3.63) is 60.4 Å². The van der Waals surface area contributed by atoms with Crippen LogP contribution < -0.4 is 0 Å². The molecular formula is C15H10FN5O. The molecule has 0 bridgehead atoms. The van der Waals surface area contributed by atoms with Gasteiger partial charge in [0.15, 0.2) is 16.9 Å². The Balaban J connectivity index is 1.81. The summed E-state index contributed by atoms with van der Waals surface area (Å²) < 4.78 is 20.7. The summed E-state index contributed by atoms with van der Waals surface area (Å²) in [5.74, 6) is 0.303. The van der Waals surface area contributed by atoms with E-state index in [0.29, 0.717) is 28.2 Å². The van der Waals surface area contributed by atoms with Crippen molar-refractivity contribution in [3.63, 3.8) is 0 Å². The molecule has 3 heterocycles.